The van der Waals surface area contributed by atoms with Crippen LogP contribution in [0.5, 0.6) is 0 Å². The molecule has 1 N–H and O–H groups in total. The zero-order valence-electron chi connectivity index (χ0n) is 12.7. The summed E-state index contributed by atoms with van der Waals surface area (Å²) in [7, 11) is 0. The van der Waals surface area contributed by atoms with Crippen molar-refractivity contribution in [1.29, 1.82) is 0 Å². The molecule has 1 atom stereocenters. The Kier molecular flexibility index (Phi) is 11.4. The molecule has 17 heavy (non-hydrogen) atoms. The molecule has 0 fully saturated rings. The number of rotatable bonds is 5. The summed E-state index contributed by atoms with van der Waals surface area (Å²) in [4.78, 5) is 11.4. The van der Waals surface area contributed by atoms with Gasteiger partial charge in [-0.2, -0.15) is 0 Å². The molecule has 1 amide bonds. The van der Waals surface area contributed by atoms with Gasteiger partial charge in [-0.15, -0.1) is 0 Å². The first kappa shape index (κ1) is 18.6. The standard InChI is InChI=1S/C12H25NO2.C2H6/c1-6-7-8-9-10(2)13-11(14)15-12(3,4)5;1-2/h10H,6-9H2,1-5H3,(H,13,14);1-2H3. The third-order valence-electron chi connectivity index (χ3n) is 2.00. The molecule has 0 saturated carbocycles. The van der Waals surface area contributed by atoms with Crippen molar-refractivity contribution in [2.45, 2.75) is 85.8 Å². The summed E-state index contributed by atoms with van der Waals surface area (Å²) in [6.45, 7) is 13.8. The van der Waals surface area contributed by atoms with Crippen LogP contribution in [0, 0.1) is 0 Å². The van der Waals surface area contributed by atoms with Gasteiger partial charge in [0.1, 0.15) is 5.60 Å². The Morgan fingerprint density at radius 3 is 2.18 bits per heavy atom. The van der Waals surface area contributed by atoms with Crippen LogP contribution in [0.3, 0.4) is 0 Å². The highest BCUT2D eigenvalue weighted by Crippen LogP contribution is 2.08. The van der Waals surface area contributed by atoms with E-state index in [0.29, 0.717) is 0 Å². The highest BCUT2D eigenvalue weighted by Gasteiger charge is 2.17. The summed E-state index contributed by atoms with van der Waals surface area (Å²) in [6, 6.07) is 0.200. The average molecular weight is 245 g/mol. The summed E-state index contributed by atoms with van der Waals surface area (Å²) in [6.07, 6.45) is 4.30. The van der Waals surface area contributed by atoms with E-state index in [1.165, 1.54) is 12.8 Å². The van der Waals surface area contributed by atoms with Crippen molar-refractivity contribution in [3.8, 4) is 0 Å². The molecule has 1 unspecified atom stereocenters. The second-order valence-corrected chi connectivity index (χ2v) is 5.04. The molecule has 0 saturated heterocycles. The van der Waals surface area contributed by atoms with Gasteiger partial charge in [-0.25, -0.2) is 4.79 Å². The number of carbonyl (C=O) groups is 1. The molecule has 0 bridgehead atoms. The van der Waals surface area contributed by atoms with E-state index in [1.807, 2.05) is 41.5 Å². The predicted octanol–water partition coefficient (Wildman–Crippen LogP) is 4.51. The van der Waals surface area contributed by atoms with Crippen LogP contribution < -0.4 is 5.32 Å². The zero-order chi connectivity index (χ0) is 13.9. The Labute approximate surface area is 107 Å². The molecule has 0 aliphatic rings. The molecule has 0 aliphatic carbocycles. The molecule has 3 heteroatoms. The highest BCUT2D eigenvalue weighted by atomic mass is 16.6. The molecule has 0 radical (unpaired) electrons. The Morgan fingerprint density at radius 2 is 1.76 bits per heavy atom. The first-order chi connectivity index (χ1) is 7.85. The van der Waals surface area contributed by atoms with Crippen LogP contribution in [0.2, 0.25) is 0 Å². The Bertz CT molecular complexity index is 185. The minimum absolute atomic E-state index is 0.200. The lowest BCUT2D eigenvalue weighted by Crippen LogP contribution is -2.37. The van der Waals surface area contributed by atoms with Gasteiger partial charge in [0.25, 0.3) is 0 Å². The van der Waals surface area contributed by atoms with Gasteiger partial charge in [-0.05, 0) is 34.1 Å². The van der Waals surface area contributed by atoms with Crippen LogP contribution in [0.15, 0.2) is 0 Å². The molecule has 3 nitrogen and oxygen atoms in total. The molecule has 0 aliphatic heterocycles. The van der Waals surface area contributed by atoms with E-state index in [4.69, 9.17) is 4.74 Å². The molecule has 0 rings (SSSR count). The maximum absolute atomic E-state index is 11.4. The van der Waals surface area contributed by atoms with Crippen molar-refractivity contribution in [3.63, 3.8) is 0 Å². The van der Waals surface area contributed by atoms with Gasteiger partial charge in [0.05, 0.1) is 0 Å². The highest BCUT2D eigenvalue weighted by molar-refractivity contribution is 5.67. The number of alkyl carbamates (subject to hydrolysis) is 1. The van der Waals surface area contributed by atoms with Crippen molar-refractivity contribution >= 4 is 6.09 Å². The Hall–Kier alpha value is -0.730. The minimum atomic E-state index is -0.410. The summed E-state index contributed by atoms with van der Waals surface area (Å²) < 4.78 is 5.16. The molecule has 0 spiro atoms. The van der Waals surface area contributed by atoms with E-state index >= 15 is 0 Å². The summed E-state index contributed by atoms with van der Waals surface area (Å²) in [5, 5.41) is 2.83. The maximum Gasteiger partial charge on any atom is 0.407 e. The fourth-order valence-corrected chi connectivity index (χ4v) is 1.28. The average Bonchev–Trinajstić information content (AvgIpc) is 2.18. The van der Waals surface area contributed by atoms with Crippen molar-refractivity contribution < 1.29 is 9.53 Å². The van der Waals surface area contributed by atoms with Crippen molar-refractivity contribution in [2.24, 2.45) is 0 Å². The lowest BCUT2D eigenvalue weighted by Gasteiger charge is -2.21. The molecule has 0 aromatic carbocycles. The van der Waals surface area contributed by atoms with E-state index in [1.54, 1.807) is 0 Å². The third kappa shape index (κ3) is 15.3. The quantitative estimate of drug-likeness (QED) is 0.724. The van der Waals surface area contributed by atoms with Crippen LogP contribution in [0.25, 0.3) is 0 Å². The SMILES string of the molecule is CC.CCCCCC(C)NC(=O)OC(C)(C)C. The summed E-state index contributed by atoms with van der Waals surface area (Å²) in [5.74, 6) is 0. The molecule has 0 aromatic heterocycles. The van der Waals surface area contributed by atoms with E-state index in [9.17, 15) is 4.79 Å². The number of nitrogens with one attached hydrogen (secondary N) is 1. The lowest BCUT2D eigenvalue weighted by atomic mass is 10.1. The van der Waals surface area contributed by atoms with Gasteiger partial charge in [-0.3, -0.25) is 0 Å². The third-order valence-corrected chi connectivity index (χ3v) is 2.00. The minimum Gasteiger partial charge on any atom is -0.444 e. The van der Waals surface area contributed by atoms with Crippen LogP contribution in [-0.4, -0.2) is 17.7 Å². The van der Waals surface area contributed by atoms with Crippen molar-refractivity contribution in [1.82, 2.24) is 5.32 Å². The normalized spacial score (nSPS) is 12.2. The van der Waals surface area contributed by atoms with Crippen molar-refractivity contribution in [2.75, 3.05) is 0 Å². The monoisotopic (exact) mass is 245 g/mol. The van der Waals surface area contributed by atoms with Crippen LogP contribution in [0.4, 0.5) is 4.79 Å². The Morgan fingerprint density at radius 1 is 1.24 bits per heavy atom. The largest absolute Gasteiger partial charge is 0.444 e. The molecular formula is C14H31NO2. The van der Waals surface area contributed by atoms with Gasteiger partial charge in [0.15, 0.2) is 0 Å². The van der Waals surface area contributed by atoms with E-state index in [-0.39, 0.29) is 12.1 Å². The van der Waals surface area contributed by atoms with E-state index < -0.39 is 5.60 Å². The zero-order valence-corrected chi connectivity index (χ0v) is 12.7. The molecule has 104 valence electrons. The number of hydrogen-bond acceptors (Lipinski definition) is 2. The van der Waals surface area contributed by atoms with Gasteiger partial charge in [-0.1, -0.05) is 40.0 Å². The van der Waals surface area contributed by atoms with E-state index in [0.717, 1.165) is 12.8 Å². The second kappa shape index (κ2) is 10.4. The van der Waals surface area contributed by atoms with Gasteiger partial charge in [0.2, 0.25) is 0 Å². The van der Waals surface area contributed by atoms with Gasteiger partial charge in [0, 0.05) is 6.04 Å². The summed E-state index contributed by atoms with van der Waals surface area (Å²) in [5.41, 5.74) is -0.410. The fraction of sp³-hybridized carbons (Fsp3) is 0.929. The number of carbonyl (C=O) groups excluding carboxylic acids is 1. The first-order valence-corrected chi connectivity index (χ1v) is 6.84. The van der Waals surface area contributed by atoms with Gasteiger partial charge < -0.3 is 10.1 Å². The number of unbranched alkanes of at least 4 members (excludes halogenated alkanes) is 2. The topological polar surface area (TPSA) is 38.3 Å². The van der Waals surface area contributed by atoms with Crippen LogP contribution in [-0.2, 0) is 4.74 Å². The van der Waals surface area contributed by atoms with Crippen LogP contribution >= 0.6 is 0 Å². The number of ether oxygens (including phenoxy) is 1. The van der Waals surface area contributed by atoms with Crippen molar-refractivity contribution in [3.05, 3.63) is 0 Å². The first-order valence-electron chi connectivity index (χ1n) is 6.84. The Balaban J connectivity index is 0. The number of amides is 1. The maximum atomic E-state index is 11.4. The fourth-order valence-electron chi connectivity index (χ4n) is 1.28. The molecule has 0 heterocycles. The lowest BCUT2D eigenvalue weighted by molar-refractivity contribution is 0.0506. The number of hydrogen-bond donors (Lipinski definition) is 1. The van der Waals surface area contributed by atoms with Gasteiger partial charge >= 0.3 is 6.09 Å². The molecule has 0 aromatic rings. The van der Waals surface area contributed by atoms with Crippen LogP contribution in [0.1, 0.15) is 74.1 Å². The second-order valence-electron chi connectivity index (χ2n) is 5.04. The molecular weight excluding hydrogens is 214 g/mol. The smallest absolute Gasteiger partial charge is 0.407 e. The summed E-state index contributed by atoms with van der Waals surface area (Å²) >= 11 is 0. The van der Waals surface area contributed by atoms with E-state index in [2.05, 4.69) is 12.2 Å². The predicted molar refractivity (Wildman–Crippen MR) is 74.3 cm³/mol.